The maximum Gasteiger partial charge on any atom is 0.255 e. The van der Waals surface area contributed by atoms with Crippen LogP contribution in [0.4, 0.5) is 5.69 Å². The third-order valence-electron chi connectivity index (χ3n) is 4.68. The van der Waals surface area contributed by atoms with E-state index in [1.807, 2.05) is 72.8 Å². The Bertz CT molecular complexity index is 1120. The molecule has 0 aliphatic rings. The summed E-state index contributed by atoms with van der Waals surface area (Å²) in [5.41, 5.74) is 4.88. The third kappa shape index (κ3) is 3.67. The molecular weight excluding hydrogens is 348 g/mol. The van der Waals surface area contributed by atoms with Crippen LogP contribution in [0.3, 0.4) is 0 Å². The van der Waals surface area contributed by atoms with Gasteiger partial charge in [0.2, 0.25) is 5.89 Å². The molecular formula is C24H22N2O2. The van der Waals surface area contributed by atoms with Crippen LogP contribution in [0.25, 0.3) is 22.6 Å². The van der Waals surface area contributed by atoms with Gasteiger partial charge in [-0.05, 0) is 53.4 Å². The van der Waals surface area contributed by atoms with Crippen molar-refractivity contribution in [1.29, 1.82) is 0 Å². The van der Waals surface area contributed by atoms with E-state index < -0.39 is 0 Å². The van der Waals surface area contributed by atoms with Gasteiger partial charge in [0.15, 0.2) is 5.58 Å². The number of amides is 1. The normalized spacial score (nSPS) is 11.5. The standard InChI is InChI=1S/C24H22N2O2/c1-24(2,3)18-11-9-16(10-12-18)22(27)25-19-13-14-21-20(15-19)26-23(28-21)17-7-5-4-6-8-17/h4-15H,1-3H3,(H,25,27). The number of nitrogens with one attached hydrogen (secondary N) is 1. The zero-order chi connectivity index (χ0) is 19.7. The summed E-state index contributed by atoms with van der Waals surface area (Å²) >= 11 is 0. The molecule has 0 radical (unpaired) electrons. The largest absolute Gasteiger partial charge is 0.436 e. The number of fused-ring (bicyclic) bond motifs is 1. The lowest BCUT2D eigenvalue weighted by Gasteiger charge is -2.19. The molecule has 28 heavy (non-hydrogen) atoms. The fourth-order valence-corrected chi connectivity index (χ4v) is 3.03. The van der Waals surface area contributed by atoms with Gasteiger partial charge in [-0.1, -0.05) is 51.1 Å². The van der Waals surface area contributed by atoms with E-state index in [0.717, 1.165) is 5.56 Å². The third-order valence-corrected chi connectivity index (χ3v) is 4.68. The molecule has 140 valence electrons. The predicted molar refractivity (Wildman–Crippen MR) is 113 cm³/mol. The van der Waals surface area contributed by atoms with Crippen LogP contribution in [-0.4, -0.2) is 10.9 Å². The van der Waals surface area contributed by atoms with Crippen LogP contribution < -0.4 is 5.32 Å². The van der Waals surface area contributed by atoms with Crippen molar-refractivity contribution < 1.29 is 9.21 Å². The van der Waals surface area contributed by atoms with Gasteiger partial charge in [-0.3, -0.25) is 4.79 Å². The molecule has 1 aromatic heterocycles. The number of hydrogen-bond acceptors (Lipinski definition) is 3. The highest BCUT2D eigenvalue weighted by Gasteiger charge is 2.15. The molecule has 0 atom stereocenters. The van der Waals surface area contributed by atoms with Gasteiger partial charge >= 0.3 is 0 Å². The molecule has 1 N–H and O–H groups in total. The van der Waals surface area contributed by atoms with Gasteiger partial charge in [0.05, 0.1) is 0 Å². The van der Waals surface area contributed by atoms with E-state index in [9.17, 15) is 4.79 Å². The number of hydrogen-bond donors (Lipinski definition) is 1. The lowest BCUT2D eigenvalue weighted by atomic mass is 9.87. The summed E-state index contributed by atoms with van der Waals surface area (Å²) in [6.07, 6.45) is 0. The van der Waals surface area contributed by atoms with Crippen LogP contribution in [0, 0.1) is 0 Å². The van der Waals surface area contributed by atoms with E-state index in [1.165, 1.54) is 5.56 Å². The Morgan fingerprint density at radius 3 is 2.32 bits per heavy atom. The molecule has 1 amide bonds. The second-order valence-electron chi connectivity index (χ2n) is 7.85. The Balaban J connectivity index is 1.55. The highest BCUT2D eigenvalue weighted by Crippen LogP contribution is 2.26. The van der Waals surface area contributed by atoms with E-state index in [-0.39, 0.29) is 11.3 Å². The SMILES string of the molecule is CC(C)(C)c1ccc(C(=O)Nc2ccc3oc(-c4ccccc4)nc3c2)cc1. The average molecular weight is 370 g/mol. The maximum atomic E-state index is 12.6. The molecule has 0 fully saturated rings. The molecule has 4 aromatic rings. The number of anilines is 1. The summed E-state index contributed by atoms with van der Waals surface area (Å²) in [5, 5.41) is 2.94. The van der Waals surface area contributed by atoms with Crippen molar-refractivity contribution >= 4 is 22.7 Å². The highest BCUT2D eigenvalue weighted by atomic mass is 16.3. The Labute approximate surface area is 164 Å². The van der Waals surface area contributed by atoms with Gasteiger partial charge in [-0.25, -0.2) is 4.98 Å². The number of rotatable bonds is 3. The van der Waals surface area contributed by atoms with E-state index in [4.69, 9.17) is 4.42 Å². The monoisotopic (exact) mass is 370 g/mol. The van der Waals surface area contributed by atoms with E-state index in [2.05, 4.69) is 31.1 Å². The fourth-order valence-electron chi connectivity index (χ4n) is 3.03. The summed E-state index contributed by atoms with van der Waals surface area (Å²) in [6.45, 7) is 6.46. The summed E-state index contributed by atoms with van der Waals surface area (Å²) in [6, 6.07) is 22.9. The predicted octanol–water partition coefficient (Wildman–Crippen LogP) is 6.04. The van der Waals surface area contributed by atoms with Crippen LogP contribution in [0.15, 0.2) is 77.2 Å². The Hall–Kier alpha value is -3.40. The first-order valence-corrected chi connectivity index (χ1v) is 9.28. The lowest BCUT2D eigenvalue weighted by Crippen LogP contribution is -2.14. The molecule has 3 aromatic carbocycles. The number of benzene rings is 3. The van der Waals surface area contributed by atoms with Gasteiger partial charge in [0.1, 0.15) is 5.52 Å². The van der Waals surface area contributed by atoms with Crippen molar-refractivity contribution in [1.82, 2.24) is 4.98 Å². The fraction of sp³-hybridized carbons (Fsp3) is 0.167. The van der Waals surface area contributed by atoms with E-state index in [1.54, 1.807) is 0 Å². The molecule has 0 unspecified atom stereocenters. The number of aromatic nitrogens is 1. The van der Waals surface area contributed by atoms with E-state index >= 15 is 0 Å². The van der Waals surface area contributed by atoms with Crippen molar-refractivity contribution in [3.8, 4) is 11.5 Å². The smallest absolute Gasteiger partial charge is 0.255 e. The second kappa shape index (κ2) is 6.97. The topological polar surface area (TPSA) is 55.1 Å². The van der Waals surface area contributed by atoms with Crippen molar-refractivity contribution in [2.75, 3.05) is 5.32 Å². The van der Waals surface area contributed by atoms with Crippen LogP contribution in [0.1, 0.15) is 36.7 Å². The molecule has 0 saturated carbocycles. The minimum Gasteiger partial charge on any atom is -0.436 e. The van der Waals surface area contributed by atoms with E-state index in [0.29, 0.717) is 28.2 Å². The zero-order valence-corrected chi connectivity index (χ0v) is 16.2. The summed E-state index contributed by atoms with van der Waals surface area (Å²) < 4.78 is 5.82. The number of nitrogens with zero attached hydrogens (tertiary/aromatic N) is 1. The molecule has 4 rings (SSSR count). The molecule has 4 heteroatoms. The average Bonchev–Trinajstić information content (AvgIpc) is 3.11. The maximum absolute atomic E-state index is 12.6. The molecule has 0 saturated heterocycles. The van der Waals surface area contributed by atoms with Crippen molar-refractivity contribution in [3.05, 3.63) is 83.9 Å². The molecule has 0 aliphatic heterocycles. The summed E-state index contributed by atoms with van der Waals surface area (Å²) in [7, 11) is 0. The molecule has 0 spiro atoms. The van der Waals surface area contributed by atoms with Gasteiger partial charge in [-0.2, -0.15) is 0 Å². The lowest BCUT2D eigenvalue weighted by molar-refractivity contribution is 0.102. The molecule has 0 aliphatic carbocycles. The van der Waals surface area contributed by atoms with Crippen molar-refractivity contribution in [3.63, 3.8) is 0 Å². The zero-order valence-electron chi connectivity index (χ0n) is 16.2. The number of carbonyl (C=O) groups excluding carboxylic acids is 1. The second-order valence-corrected chi connectivity index (χ2v) is 7.85. The minimum atomic E-state index is -0.147. The molecule has 0 bridgehead atoms. The van der Waals surface area contributed by atoms with Gasteiger partial charge < -0.3 is 9.73 Å². The first kappa shape index (κ1) is 18.0. The quantitative estimate of drug-likeness (QED) is 0.478. The Morgan fingerprint density at radius 1 is 0.929 bits per heavy atom. The van der Waals surface area contributed by atoms with Crippen LogP contribution in [0.2, 0.25) is 0 Å². The first-order valence-electron chi connectivity index (χ1n) is 9.28. The summed E-state index contributed by atoms with van der Waals surface area (Å²) in [4.78, 5) is 17.1. The van der Waals surface area contributed by atoms with Crippen LogP contribution in [0.5, 0.6) is 0 Å². The molecule has 1 heterocycles. The minimum absolute atomic E-state index is 0.0590. The van der Waals surface area contributed by atoms with Crippen LogP contribution in [-0.2, 0) is 5.41 Å². The summed E-state index contributed by atoms with van der Waals surface area (Å²) in [5.74, 6) is 0.420. The van der Waals surface area contributed by atoms with Crippen LogP contribution >= 0.6 is 0 Å². The Morgan fingerprint density at radius 2 is 1.64 bits per heavy atom. The highest BCUT2D eigenvalue weighted by molar-refractivity contribution is 6.05. The number of oxazole rings is 1. The van der Waals surface area contributed by atoms with Gasteiger partial charge in [0.25, 0.3) is 5.91 Å². The first-order chi connectivity index (χ1) is 13.4. The molecule has 4 nitrogen and oxygen atoms in total. The number of carbonyl (C=O) groups is 1. The van der Waals surface area contributed by atoms with Crippen molar-refractivity contribution in [2.45, 2.75) is 26.2 Å². The van der Waals surface area contributed by atoms with Gasteiger partial charge in [-0.15, -0.1) is 0 Å². The Kier molecular flexibility index (Phi) is 4.47. The van der Waals surface area contributed by atoms with Crippen molar-refractivity contribution in [2.24, 2.45) is 0 Å². The van der Waals surface area contributed by atoms with Gasteiger partial charge in [0, 0.05) is 16.8 Å².